The van der Waals surface area contributed by atoms with E-state index in [0.717, 1.165) is 33.9 Å². The number of ether oxygens (including phenoxy) is 1. The van der Waals surface area contributed by atoms with Gasteiger partial charge in [-0.05, 0) is 44.5 Å². The number of hydrogen-bond donors (Lipinski definition) is 0. The summed E-state index contributed by atoms with van der Waals surface area (Å²) < 4.78 is 5.64. The molecule has 6 nitrogen and oxygen atoms in total. The predicted octanol–water partition coefficient (Wildman–Crippen LogP) is 5.43. The van der Waals surface area contributed by atoms with Crippen LogP contribution in [0, 0.1) is 12.8 Å². The van der Waals surface area contributed by atoms with Gasteiger partial charge >= 0.3 is 0 Å². The monoisotopic (exact) mass is 424 g/mol. The third-order valence-corrected chi connectivity index (χ3v) is 4.22. The van der Waals surface area contributed by atoms with Gasteiger partial charge in [0, 0.05) is 43.2 Å². The van der Waals surface area contributed by atoms with Gasteiger partial charge in [0.2, 0.25) is 11.8 Å². The van der Waals surface area contributed by atoms with E-state index >= 15 is 0 Å². The molecule has 0 bridgehead atoms. The molecule has 0 aromatic carbocycles. The van der Waals surface area contributed by atoms with Crippen LogP contribution in [0.3, 0.4) is 0 Å². The summed E-state index contributed by atoms with van der Waals surface area (Å²) in [6.45, 7) is 19.2. The first-order valence-electron chi connectivity index (χ1n) is 10.7. The second kappa shape index (κ2) is 13.3. The number of carbonyl (C=O) groups excluding carboxylic acids is 1. The van der Waals surface area contributed by atoms with Gasteiger partial charge in [0.25, 0.3) is 0 Å². The van der Waals surface area contributed by atoms with Crippen LogP contribution in [0.5, 0.6) is 5.88 Å². The SMILES string of the molecule is C=N/C=C(C=NCC)/C=C\C(=C/C)c1cnc2c(c1C)N(C(C)=O)CCO2.CC(C)C. The molecule has 1 aromatic rings. The van der Waals surface area contributed by atoms with E-state index in [0.29, 0.717) is 25.6 Å². The van der Waals surface area contributed by atoms with Crippen LogP contribution in [0.15, 0.2) is 46.2 Å². The van der Waals surface area contributed by atoms with E-state index in [1.54, 1.807) is 30.4 Å². The maximum Gasteiger partial charge on any atom is 0.238 e. The Kier molecular flexibility index (Phi) is 11.2. The summed E-state index contributed by atoms with van der Waals surface area (Å²) in [4.78, 5) is 26.3. The predicted molar refractivity (Wildman–Crippen MR) is 132 cm³/mol. The van der Waals surface area contributed by atoms with E-state index in [2.05, 4.69) is 42.5 Å². The Bertz CT molecular complexity index is 877. The van der Waals surface area contributed by atoms with Crippen molar-refractivity contribution in [1.82, 2.24) is 4.98 Å². The highest BCUT2D eigenvalue weighted by Gasteiger charge is 2.26. The van der Waals surface area contributed by atoms with E-state index in [-0.39, 0.29) is 5.91 Å². The molecular weight excluding hydrogens is 388 g/mol. The largest absolute Gasteiger partial charge is 0.474 e. The lowest BCUT2D eigenvalue weighted by Crippen LogP contribution is -2.37. The molecule has 1 aliphatic heterocycles. The number of pyridine rings is 1. The normalized spacial score (nSPS) is 14.4. The second-order valence-electron chi connectivity index (χ2n) is 7.72. The zero-order chi connectivity index (χ0) is 23.4. The molecule has 0 radical (unpaired) electrons. The van der Waals surface area contributed by atoms with Crippen molar-refractivity contribution in [1.29, 1.82) is 0 Å². The first-order valence-corrected chi connectivity index (χ1v) is 10.7. The van der Waals surface area contributed by atoms with Crippen molar-refractivity contribution in [2.45, 2.75) is 48.5 Å². The number of aromatic nitrogens is 1. The van der Waals surface area contributed by atoms with Gasteiger partial charge in [0.15, 0.2) is 0 Å². The Hall–Kier alpha value is -3.02. The summed E-state index contributed by atoms with van der Waals surface area (Å²) in [6.07, 6.45) is 11.1. The number of hydrogen-bond acceptors (Lipinski definition) is 5. The van der Waals surface area contributed by atoms with Gasteiger partial charge < -0.3 is 9.64 Å². The fraction of sp³-hybridized carbons (Fsp3) is 0.440. The molecule has 0 unspecified atom stereocenters. The Morgan fingerprint density at radius 3 is 2.58 bits per heavy atom. The maximum atomic E-state index is 12.0. The number of fused-ring (bicyclic) bond motifs is 1. The van der Waals surface area contributed by atoms with Crippen molar-refractivity contribution < 1.29 is 9.53 Å². The van der Waals surface area contributed by atoms with Crippen LogP contribution in [0.4, 0.5) is 5.69 Å². The van der Waals surface area contributed by atoms with Crippen LogP contribution >= 0.6 is 0 Å². The molecule has 0 spiro atoms. The van der Waals surface area contributed by atoms with Crippen molar-refractivity contribution in [2.75, 3.05) is 24.6 Å². The Labute approximate surface area is 187 Å². The molecule has 2 heterocycles. The van der Waals surface area contributed by atoms with Crippen molar-refractivity contribution in [3.8, 4) is 5.88 Å². The minimum atomic E-state index is -0.0165. The minimum absolute atomic E-state index is 0.0165. The second-order valence-corrected chi connectivity index (χ2v) is 7.72. The molecule has 0 saturated heterocycles. The van der Waals surface area contributed by atoms with Crippen molar-refractivity contribution in [3.63, 3.8) is 0 Å². The van der Waals surface area contributed by atoms with E-state index in [1.807, 2.05) is 39.0 Å². The fourth-order valence-corrected chi connectivity index (χ4v) is 2.89. The molecular formula is C25H36N4O2. The average Bonchev–Trinajstić information content (AvgIpc) is 2.72. The van der Waals surface area contributed by atoms with Gasteiger partial charge in [-0.15, -0.1) is 0 Å². The molecule has 0 N–H and O–H groups in total. The lowest BCUT2D eigenvalue weighted by molar-refractivity contribution is -0.116. The first-order chi connectivity index (χ1) is 14.8. The molecule has 1 aromatic heterocycles. The number of rotatable bonds is 6. The first kappa shape index (κ1) is 26.0. The van der Waals surface area contributed by atoms with Crippen molar-refractivity contribution in [2.24, 2.45) is 15.9 Å². The van der Waals surface area contributed by atoms with Gasteiger partial charge in [-0.2, -0.15) is 0 Å². The standard InChI is InChI=1S/C21H26N4O2.C4H10/c1-6-18(9-8-17(12-22-5)13-23-7-2)19-14-24-21-20(15(19)3)25(16(4)26)10-11-27-21;1-4(2)3/h6,8-9,12-14H,5,7,10-11H2,1-4H3;4H,1-3H3/b9-8-,17-12-,18-6+,23-13?;. The molecule has 0 fully saturated rings. The highest BCUT2D eigenvalue weighted by Crippen LogP contribution is 2.37. The number of allylic oxidation sites excluding steroid dienone is 5. The summed E-state index contributed by atoms with van der Waals surface area (Å²) in [6, 6.07) is 0. The zero-order valence-electron chi connectivity index (χ0n) is 20.0. The van der Waals surface area contributed by atoms with Gasteiger partial charge in [-0.3, -0.25) is 14.8 Å². The van der Waals surface area contributed by atoms with Gasteiger partial charge in [-0.25, -0.2) is 4.98 Å². The summed E-state index contributed by atoms with van der Waals surface area (Å²) in [5, 5.41) is 0. The Balaban J connectivity index is 0.00000110. The third-order valence-electron chi connectivity index (χ3n) is 4.22. The van der Waals surface area contributed by atoms with Gasteiger partial charge in [-0.1, -0.05) is 39.0 Å². The van der Waals surface area contributed by atoms with Crippen LogP contribution < -0.4 is 9.64 Å². The number of carbonyl (C=O) groups is 1. The molecule has 1 aliphatic rings. The third kappa shape index (κ3) is 7.96. The number of aliphatic imine (C=N–C) groups is 2. The highest BCUT2D eigenvalue weighted by molar-refractivity contribution is 5.95. The minimum Gasteiger partial charge on any atom is -0.474 e. The molecule has 0 atom stereocenters. The number of nitrogens with zero attached hydrogens (tertiary/aromatic N) is 4. The summed E-state index contributed by atoms with van der Waals surface area (Å²) in [5.74, 6) is 1.32. The molecule has 0 aliphatic carbocycles. The molecule has 0 saturated carbocycles. The highest BCUT2D eigenvalue weighted by atomic mass is 16.5. The lowest BCUT2D eigenvalue weighted by atomic mass is 9.99. The fourth-order valence-electron chi connectivity index (χ4n) is 2.89. The van der Waals surface area contributed by atoms with Gasteiger partial charge in [0.05, 0.1) is 6.54 Å². The number of anilines is 1. The Morgan fingerprint density at radius 1 is 1.35 bits per heavy atom. The van der Waals surface area contributed by atoms with Crippen molar-refractivity contribution in [3.05, 3.63) is 47.3 Å². The maximum absolute atomic E-state index is 12.0. The summed E-state index contributed by atoms with van der Waals surface area (Å²) in [5.41, 5.74) is 4.49. The van der Waals surface area contributed by atoms with Crippen LogP contribution in [-0.2, 0) is 4.79 Å². The van der Waals surface area contributed by atoms with Crippen molar-refractivity contribution >= 4 is 30.1 Å². The number of amides is 1. The van der Waals surface area contributed by atoms with Crippen LogP contribution in [-0.4, -0.2) is 43.5 Å². The molecule has 1 amide bonds. The van der Waals surface area contributed by atoms with E-state index in [9.17, 15) is 4.79 Å². The molecule has 168 valence electrons. The summed E-state index contributed by atoms with van der Waals surface area (Å²) in [7, 11) is 0. The van der Waals surface area contributed by atoms with Crippen LogP contribution in [0.25, 0.3) is 5.57 Å². The molecule has 2 rings (SSSR count). The topological polar surface area (TPSA) is 67.2 Å². The van der Waals surface area contributed by atoms with Gasteiger partial charge in [0.1, 0.15) is 12.3 Å². The zero-order valence-corrected chi connectivity index (χ0v) is 20.0. The van der Waals surface area contributed by atoms with E-state index < -0.39 is 0 Å². The Morgan fingerprint density at radius 2 is 2.03 bits per heavy atom. The van der Waals surface area contributed by atoms with E-state index in [1.165, 1.54) is 0 Å². The average molecular weight is 425 g/mol. The molecule has 6 heteroatoms. The van der Waals surface area contributed by atoms with Crippen LogP contribution in [0.2, 0.25) is 0 Å². The van der Waals surface area contributed by atoms with Crippen LogP contribution in [0.1, 0.15) is 52.7 Å². The lowest BCUT2D eigenvalue weighted by Gasteiger charge is -2.30. The molecule has 31 heavy (non-hydrogen) atoms. The quantitative estimate of drug-likeness (QED) is 0.451. The van der Waals surface area contributed by atoms with E-state index in [4.69, 9.17) is 4.74 Å². The smallest absolute Gasteiger partial charge is 0.238 e. The summed E-state index contributed by atoms with van der Waals surface area (Å²) >= 11 is 0.